The van der Waals surface area contributed by atoms with Gasteiger partial charge in [0.05, 0.1) is 18.9 Å². The van der Waals surface area contributed by atoms with Crippen molar-refractivity contribution in [3.05, 3.63) is 24.3 Å². The number of carbonyl (C=O) groups is 1. The van der Waals surface area contributed by atoms with Gasteiger partial charge in [0, 0.05) is 6.04 Å². The fourth-order valence-corrected chi connectivity index (χ4v) is 3.37. The first-order chi connectivity index (χ1) is 13.3. The quantitative estimate of drug-likeness (QED) is 0.472. The Morgan fingerprint density at radius 2 is 1.93 bits per heavy atom. The van der Waals surface area contributed by atoms with E-state index in [1.54, 1.807) is 0 Å². The summed E-state index contributed by atoms with van der Waals surface area (Å²) in [5, 5.41) is 6.28. The molecule has 152 valence electrons. The Bertz CT molecular complexity index is 530. The molecule has 2 rings (SSSR count). The van der Waals surface area contributed by atoms with Crippen LogP contribution in [0.3, 0.4) is 0 Å². The molecule has 0 radical (unpaired) electrons. The van der Waals surface area contributed by atoms with Crippen molar-refractivity contribution in [2.24, 2.45) is 0 Å². The summed E-state index contributed by atoms with van der Waals surface area (Å²) in [6, 6.07) is 8.01. The van der Waals surface area contributed by atoms with Gasteiger partial charge >= 0.3 is 6.09 Å². The first-order valence-electron chi connectivity index (χ1n) is 10.7. The van der Waals surface area contributed by atoms with E-state index in [1.165, 1.54) is 51.4 Å². The molecule has 2 N–H and O–H groups in total. The molecule has 1 aliphatic heterocycles. The van der Waals surface area contributed by atoms with Crippen molar-refractivity contribution in [2.75, 3.05) is 25.1 Å². The van der Waals surface area contributed by atoms with Gasteiger partial charge in [-0.3, -0.25) is 5.32 Å². The van der Waals surface area contributed by atoms with Crippen LogP contribution in [0.4, 0.5) is 10.5 Å². The summed E-state index contributed by atoms with van der Waals surface area (Å²) in [5.74, 6) is 0.706. The van der Waals surface area contributed by atoms with Gasteiger partial charge in [-0.25, -0.2) is 4.79 Å². The van der Waals surface area contributed by atoms with E-state index in [0.29, 0.717) is 30.7 Å². The third-order valence-corrected chi connectivity index (χ3v) is 4.99. The molecule has 1 aromatic rings. The second-order valence-electron chi connectivity index (χ2n) is 7.31. The van der Waals surface area contributed by atoms with E-state index in [0.717, 1.165) is 19.4 Å². The van der Waals surface area contributed by atoms with E-state index in [1.807, 2.05) is 24.3 Å². The minimum absolute atomic E-state index is 0.415. The first-order valence-corrected chi connectivity index (χ1v) is 10.7. The first kappa shape index (κ1) is 21.5. The van der Waals surface area contributed by atoms with Crippen molar-refractivity contribution in [2.45, 2.75) is 77.2 Å². The monoisotopic (exact) mass is 376 g/mol. The number of carbonyl (C=O) groups excluding carboxylic acids is 1. The Hall–Kier alpha value is -1.75. The van der Waals surface area contributed by atoms with Gasteiger partial charge in [-0.05, 0) is 44.4 Å². The lowest BCUT2D eigenvalue weighted by molar-refractivity contribution is 0.153. The fourth-order valence-electron chi connectivity index (χ4n) is 3.37. The highest BCUT2D eigenvalue weighted by molar-refractivity contribution is 5.86. The van der Waals surface area contributed by atoms with E-state index in [-0.39, 0.29) is 0 Å². The van der Waals surface area contributed by atoms with Crippen LogP contribution in [-0.4, -0.2) is 31.9 Å². The number of hydrogen-bond acceptors (Lipinski definition) is 4. The number of nitrogens with one attached hydrogen (secondary N) is 2. The number of hydrogen-bond donors (Lipinski definition) is 2. The van der Waals surface area contributed by atoms with Gasteiger partial charge < -0.3 is 14.8 Å². The molecule has 27 heavy (non-hydrogen) atoms. The van der Waals surface area contributed by atoms with E-state index < -0.39 is 6.09 Å². The number of amides is 1. The van der Waals surface area contributed by atoms with Crippen molar-refractivity contribution < 1.29 is 14.3 Å². The Morgan fingerprint density at radius 1 is 1.11 bits per heavy atom. The summed E-state index contributed by atoms with van der Waals surface area (Å²) in [4.78, 5) is 12.1. The zero-order valence-corrected chi connectivity index (χ0v) is 16.8. The molecule has 0 saturated carbocycles. The van der Waals surface area contributed by atoms with Crippen LogP contribution in [-0.2, 0) is 4.74 Å². The van der Waals surface area contributed by atoms with Gasteiger partial charge in [-0.15, -0.1) is 0 Å². The number of ether oxygens (including phenoxy) is 2. The fraction of sp³-hybridized carbons (Fsp3) is 0.682. The van der Waals surface area contributed by atoms with Gasteiger partial charge in [0.25, 0.3) is 0 Å². The van der Waals surface area contributed by atoms with Gasteiger partial charge in [0.1, 0.15) is 5.75 Å². The Kier molecular flexibility index (Phi) is 10.7. The molecular weight excluding hydrogens is 340 g/mol. The zero-order chi connectivity index (χ0) is 19.2. The minimum Gasteiger partial charge on any atom is -0.491 e. The van der Waals surface area contributed by atoms with Crippen molar-refractivity contribution in [3.63, 3.8) is 0 Å². The number of para-hydroxylation sites is 2. The molecule has 0 aromatic heterocycles. The Morgan fingerprint density at radius 3 is 2.74 bits per heavy atom. The Balaban J connectivity index is 1.65. The third-order valence-electron chi connectivity index (χ3n) is 4.99. The summed E-state index contributed by atoms with van der Waals surface area (Å²) in [7, 11) is 0. The van der Waals surface area contributed by atoms with Crippen LogP contribution < -0.4 is 15.4 Å². The van der Waals surface area contributed by atoms with Crippen LogP contribution in [0.25, 0.3) is 0 Å². The van der Waals surface area contributed by atoms with Crippen LogP contribution in [0, 0.1) is 0 Å². The average Bonchev–Trinajstić information content (AvgIpc) is 2.69. The Labute approximate surface area is 164 Å². The van der Waals surface area contributed by atoms with Gasteiger partial charge in [-0.1, -0.05) is 57.6 Å². The molecule has 1 aliphatic rings. The highest BCUT2D eigenvalue weighted by atomic mass is 16.5. The summed E-state index contributed by atoms with van der Waals surface area (Å²) < 4.78 is 11.2. The maximum Gasteiger partial charge on any atom is 0.411 e. The van der Waals surface area contributed by atoms with E-state index in [4.69, 9.17) is 9.47 Å². The predicted molar refractivity (Wildman–Crippen MR) is 111 cm³/mol. The molecular formula is C22H36N2O3. The number of anilines is 1. The van der Waals surface area contributed by atoms with E-state index >= 15 is 0 Å². The highest BCUT2D eigenvalue weighted by Crippen LogP contribution is 2.24. The number of piperidine rings is 1. The number of benzene rings is 1. The lowest BCUT2D eigenvalue weighted by atomic mass is 10.0. The third kappa shape index (κ3) is 9.14. The molecule has 5 heteroatoms. The smallest absolute Gasteiger partial charge is 0.411 e. The van der Waals surface area contributed by atoms with Crippen molar-refractivity contribution in [1.82, 2.24) is 5.32 Å². The molecule has 1 fully saturated rings. The van der Waals surface area contributed by atoms with Crippen LogP contribution in [0.15, 0.2) is 24.3 Å². The summed E-state index contributed by atoms with van der Waals surface area (Å²) in [5.41, 5.74) is 0.671. The largest absolute Gasteiger partial charge is 0.491 e. The maximum atomic E-state index is 12.1. The predicted octanol–water partition coefficient (Wildman–Crippen LogP) is 5.51. The summed E-state index contributed by atoms with van der Waals surface area (Å²) in [6.45, 7) is 4.41. The van der Waals surface area contributed by atoms with E-state index in [9.17, 15) is 4.79 Å². The second kappa shape index (κ2) is 13.4. The maximum absolute atomic E-state index is 12.1. The van der Waals surface area contributed by atoms with Crippen molar-refractivity contribution in [1.29, 1.82) is 0 Å². The molecule has 1 saturated heterocycles. The molecule has 0 spiro atoms. The topological polar surface area (TPSA) is 59.6 Å². The number of rotatable bonds is 12. The van der Waals surface area contributed by atoms with Crippen molar-refractivity contribution in [3.8, 4) is 5.75 Å². The summed E-state index contributed by atoms with van der Waals surface area (Å²) >= 11 is 0. The second-order valence-corrected chi connectivity index (χ2v) is 7.31. The zero-order valence-electron chi connectivity index (χ0n) is 16.8. The molecule has 0 bridgehead atoms. The van der Waals surface area contributed by atoms with Gasteiger partial charge in [0.15, 0.2) is 0 Å². The van der Waals surface area contributed by atoms with E-state index in [2.05, 4.69) is 17.6 Å². The van der Waals surface area contributed by atoms with Gasteiger partial charge in [-0.2, -0.15) is 0 Å². The standard InChI is InChI=1S/C22H36N2O3/c1-2-3-4-5-6-11-17-26-21-14-8-7-13-20(21)24-22(25)27-18-15-19-12-9-10-16-23-19/h7-8,13-14,19,23H,2-6,9-12,15-18H2,1H3,(H,24,25). The highest BCUT2D eigenvalue weighted by Gasteiger charge is 2.14. The number of unbranched alkanes of at least 4 members (excludes halogenated alkanes) is 5. The lowest BCUT2D eigenvalue weighted by Gasteiger charge is -2.23. The van der Waals surface area contributed by atoms with Gasteiger partial charge in [0.2, 0.25) is 0 Å². The summed E-state index contributed by atoms with van der Waals surface area (Å²) in [6.07, 6.45) is 11.5. The minimum atomic E-state index is -0.415. The normalized spacial score (nSPS) is 16.7. The molecule has 1 unspecified atom stereocenters. The van der Waals surface area contributed by atoms with Crippen LogP contribution in [0.2, 0.25) is 0 Å². The average molecular weight is 377 g/mol. The molecule has 1 aromatic carbocycles. The van der Waals surface area contributed by atoms with Crippen LogP contribution in [0.1, 0.15) is 71.1 Å². The molecule has 0 aliphatic carbocycles. The molecule has 1 amide bonds. The van der Waals surface area contributed by atoms with Crippen LogP contribution >= 0.6 is 0 Å². The van der Waals surface area contributed by atoms with Crippen molar-refractivity contribution >= 4 is 11.8 Å². The van der Waals surface area contributed by atoms with Crippen LogP contribution in [0.5, 0.6) is 5.75 Å². The molecule has 5 nitrogen and oxygen atoms in total. The SMILES string of the molecule is CCCCCCCCOc1ccccc1NC(=O)OCCC1CCCCN1. The molecule has 1 atom stereocenters. The molecule has 1 heterocycles. The lowest BCUT2D eigenvalue weighted by Crippen LogP contribution is -2.35.